The van der Waals surface area contributed by atoms with Gasteiger partial charge < -0.3 is 9.55 Å². The zero-order chi connectivity index (χ0) is 21.8. The van der Waals surface area contributed by atoms with E-state index < -0.39 is 0 Å². The number of nitrogens with zero attached hydrogens (tertiary/aromatic N) is 2. The number of aromatic nitrogens is 3. The van der Waals surface area contributed by atoms with Crippen LogP contribution in [0.4, 0.5) is 0 Å². The van der Waals surface area contributed by atoms with E-state index in [0.29, 0.717) is 22.4 Å². The van der Waals surface area contributed by atoms with Gasteiger partial charge >= 0.3 is 0 Å². The average molecular weight is 480 g/mol. The lowest BCUT2D eigenvalue weighted by atomic mass is 9.97. The Morgan fingerprint density at radius 2 is 1.91 bits per heavy atom. The van der Waals surface area contributed by atoms with Gasteiger partial charge in [0.1, 0.15) is 10.7 Å². The van der Waals surface area contributed by atoms with Gasteiger partial charge in [0.15, 0.2) is 0 Å². The SMILES string of the molecule is O=c1[nH]c(-c2cn(Cc3ccc(Cl)c(Cl)c3)c3ccccc23)nc2sc3c(c12)CCCC3. The lowest BCUT2D eigenvalue weighted by Crippen LogP contribution is -2.11. The summed E-state index contributed by atoms with van der Waals surface area (Å²) in [5.41, 5.74) is 4.21. The fourth-order valence-corrected chi connectivity index (χ4v) is 6.28. The van der Waals surface area contributed by atoms with Gasteiger partial charge in [-0.1, -0.05) is 47.5 Å². The van der Waals surface area contributed by atoms with E-state index in [4.69, 9.17) is 28.2 Å². The number of hydrogen-bond acceptors (Lipinski definition) is 3. The van der Waals surface area contributed by atoms with Gasteiger partial charge in [0, 0.05) is 34.1 Å². The average Bonchev–Trinajstić information content (AvgIpc) is 3.35. The van der Waals surface area contributed by atoms with Gasteiger partial charge in [-0.05, 0) is 55.0 Å². The first-order valence-electron chi connectivity index (χ1n) is 10.7. The molecule has 2 aromatic carbocycles. The van der Waals surface area contributed by atoms with E-state index in [1.807, 2.05) is 30.3 Å². The Hall–Kier alpha value is -2.60. The molecular weight excluding hydrogens is 461 g/mol. The molecule has 1 aliphatic carbocycles. The van der Waals surface area contributed by atoms with E-state index in [2.05, 4.69) is 27.9 Å². The molecule has 0 fully saturated rings. The molecular formula is C25H19Cl2N3OS. The highest BCUT2D eigenvalue weighted by atomic mass is 35.5. The first kappa shape index (κ1) is 20.0. The van der Waals surface area contributed by atoms with E-state index >= 15 is 0 Å². The maximum Gasteiger partial charge on any atom is 0.260 e. The summed E-state index contributed by atoms with van der Waals surface area (Å²) in [6, 6.07) is 13.9. The van der Waals surface area contributed by atoms with Gasteiger partial charge in [-0.25, -0.2) is 4.98 Å². The molecule has 32 heavy (non-hydrogen) atoms. The van der Waals surface area contributed by atoms with Crippen LogP contribution >= 0.6 is 34.5 Å². The summed E-state index contributed by atoms with van der Waals surface area (Å²) in [6.45, 7) is 0.636. The Kier molecular flexibility index (Phi) is 4.86. The van der Waals surface area contributed by atoms with Crippen LogP contribution in [0.2, 0.25) is 10.0 Å². The number of aryl methyl sites for hydroxylation is 2. The topological polar surface area (TPSA) is 50.7 Å². The van der Waals surface area contributed by atoms with E-state index in [-0.39, 0.29) is 5.56 Å². The quantitative estimate of drug-likeness (QED) is 0.307. The maximum atomic E-state index is 13.1. The van der Waals surface area contributed by atoms with Gasteiger partial charge in [0.05, 0.1) is 15.4 Å². The Bertz CT molecular complexity index is 1560. The summed E-state index contributed by atoms with van der Waals surface area (Å²) in [6.07, 6.45) is 6.41. The maximum absolute atomic E-state index is 13.1. The minimum absolute atomic E-state index is 0.0364. The first-order valence-corrected chi connectivity index (χ1v) is 12.2. The summed E-state index contributed by atoms with van der Waals surface area (Å²) in [4.78, 5) is 23.2. The molecule has 6 rings (SSSR count). The molecule has 3 aromatic heterocycles. The lowest BCUT2D eigenvalue weighted by Gasteiger charge is -2.09. The minimum Gasteiger partial charge on any atom is -0.342 e. The number of hydrogen-bond donors (Lipinski definition) is 1. The summed E-state index contributed by atoms with van der Waals surface area (Å²) < 4.78 is 2.16. The molecule has 3 heterocycles. The van der Waals surface area contributed by atoms with Crippen LogP contribution in [-0.4, -0.2) is 14.5 Å². The summed E-state index contributed by atoms with van der Waals surface area (Å²) in [5, 5.41) is 2.92. The normalized spacial score (nSPS) is 13.7. The molecule has 0 radical (unpaired) electrons. The molecule has 0 saturated carbocycles. The molecule has 5 aromatic rings. The second kappa shape index (κ2) is 7.77. The largest absolute Gasteiger partial charge is 0.342 e. The van der Waals surface area contributed by atoms with E-state index in [1.165, 1.54) is 16.9 Å². The van der Waals surface area contributed by atoms with Crippen molar-refractivity contribution in [1.29, 1.82) is 0 Å². The predicted octanol–water partition coefficient (Wildman–Crippen LogP) is 6.84. The lowest BCUT2D eigenvalue weighted by molar-refractivity contribution is 0.700. The molecule has 0 bridgehead atoms. The monoisotopic (exact) mass is 479 g/mol. The fourth-order valence-electron chi connectivity index (χ4n) is 4.69. The zero-order valence-electron chi connectivity index (χ0n) is 17.1. The number of fused-ring (bicyclic) bond motifs is 4. The second-order valence-corrected chi connectivity index (χ2v) is 10.1. The van der Waals surface area contributed by atoms with Crippen LogP contribution < -0.4 is 5.56 Å². The van der Waals surface area contributed by atoms with Crippen LogP contribution in [0, 0.1) is 0 Å². The van der Waals surface area contributed by atoms with E-state index in [9.17, 15) is 4.79 Å². The van der Waals surface area contributed by atoms with Gasteiger partial charge in [-0.2, -0.15) is 0 Å². The molecule has 0 amide bonds. The molecule has 1 aliphatic rings. The number of rotatable bonds is 3. The highest BCUT2D eigenvalue weighted by Crippen LogP contribution is 2.35. The molecule has 4 nitrogen and oxygen atoms in total. The minimum atomic E-state index is -0.0364. The van der Waals surface area contributed by atoms with E-state index in [0.717, 1.165) is 51.5 Å². The first-order chi connectivity index (χ1) is 15.6. The van der Waals surface area contributed by atoms with Crippen molar-refractivity contribution in [2.24, 2.45) is 0 Å². The van der Waals surface area contributed by atoms with Crippen LogP contribution in [0.15, 0.2) is 53.5 Å². The number of halogens is 2. The third kappa shape index (κ3) is 3.27. The van der Waals surface area contributed by atoms with Crippen LogP contribution in [0.1, 0.15) is 28.8 Å². The van der Waals surface area contributed by atoms with Crippen LogP contribution in [0.3, 0.4) is 0 Å². The number of H-pyrrole nitrogens is 1. The Balaban J connectivity index is 1.50. The summed E-state index contributed by atoms with van der Waals surface area (Å²) in [5.74, 6) is 0.616. The number of aromatic amines is 1. The Labute approximate surface area is 198 Å². The number of thiophene rings is 1. The third-order valence-corrected chi connectivity index (χ3v) is 8.13. The van der Waals surface area contributed by atoms with E-state index in [1.54, 1.807) is 11.3 Å². The smallest absolute Gasteiger partial charge is 0.260 e. The molecule has 0 aliphatic heterocycles. The fraction of sp³-hybridized carbons (Fsp3) is 0.200. The Morgan fingerprint density at radius 3 is 2.78 bits per heavy atom. The number of nitrogens with one attached hydrogen (secondary N) is 1. The van der Waals surface area contributed by atoms with Crippen molar-refractivity contribution in [3.63, 3.8) is 0 Å². The molecule has 0 unspecified atom stereocenters. The van der Waals surface area contributed by atoms with Crippen LogP contribution in [0.25, 0.3) is 32.5 Å². The Morgan fingerprint density at radius 1 is 1.06 bits per heavy atom. The summed E-state index contributed by atoms with van der Waals surface area (Å²) in [7, 11) is 0. The molecule has 0 spiro atoms. The predicted molar refractivity (Wildman–Crippen MR) is 133 cm³/mol. The zero-order valence-corrected chi connectivity index (χ0v) is 19.4. The van der Waals surface area contributed by atoms with Gasteiger partial charge in [-0.3, -0.25) is 4.79 Å². The molecule has 0 saturated heterocycles. The molecule has 160 valence electrons. The molecule has 1 N–H and O–H groups in total. The van der Waals surface area contributed by atoms with Crippen molar-refractivity contribution in [2.45, 2.75) is 32.2 Å². The second-order valence-electron chi connectivity index (χ2n) is 8.24. The van der Waals surface area contributed by atoms with Gasteiger partial charge in [0.2, 0.25) is 0 Å². The highest BCUT2D eigenvalue weighted by Gasteiger charge is 2.21. The molecule has 0 atom stereocenters. The van der Waals surface area contributed by atoms with Crippen LogP contribution in [0.5, 0.6) is 0 Å². The van der Waals surface area contributed by atoms with Crippen LogP contribution in [-0.2, 0) is 19.4 Å². The number of para-hydroxylation sites is 1. The van der Waals surface area contributed by atoms with Crippen molar-refractivity contribution in [2.75, 3.05) is 0 Å². The van der Waals surface area contributed by atoms with Crippen molar-refractivity contribution < 1.29 is 0 Å². The standard InChI is InChI=1S/C25H19Cl2N3OS/c26-18-10-9-14(11-19(18)27)12-30-13-17(15-5-1-3-7-20(15)30)23-28-24(31)22-16-6-2-4-8-21(16)32-25(22)29-23/h1,3,5,7,9-11,13H,2,4,6,8,12H2,(H,28,29,31). The van der Waals surface area contributed by atoms with Crippen molar-refractivity contribution in [3.8, 4) is 11.4 Å². The van der Waals surface area contributed by atoms with Gasteiger partial charge in [-0.15, -0.1) is 11.3 Å². The van der Waals surface area contributed by atoms with Gasteiger partial charge in [0.25, 0.3) is 5.56 Å². The van der Waals surface area contributed by atoms with Crippen molar-refractivity contribution in [3.05, 3.63) is 85.1 Å². The van der Waals surface area contributed by atoms with Crippen molar-refractivity contribution in [1.82, 2.24) is 14.5 Å². The number of benzene rings is 2. The molecule has 7 heteroatoms. The third-order valence-electron chi connectivity index (χ3n) is 6.21. The summed E-state index contributed by atoms with van der Waals surface area (Å²) >= 11 is 14.0. The highest BCUT2D eigenvalue weighted by molar-refractivity contribution is 7.18. The van der Waals surface area contributed by atoms with Crippen molar-refractivity contribution >= 4 is 55.7 Å².